The molecule has 0 spiro atoms. The first-order chi connectivity index (χ1) is 11.1. The lowest BCUT2D eigenvalue weighted by atomic mass is 9.87. The molecule has 0 saturated carbocycles. The first-order valence-corrected chi connectivity index (χ1v) is 9.54. The van der Waals surface area contributed by atoms with Crippen molar-refractivity contribution in [2.24, 2.45) is 0 Å². The highest BCUT2D eigenvalue weighted by Gasteiger charge is 2.30. The molecule has 3 rings (SSSR count). The molecule has 0 aromatic heterocycles. The molecule has 1 aliphatic heterocycles. The van der Waals surface area contributed by atoms with E-state index in [0.29, 0.717) is 5.92 Å². The summed E-state index contributed by atoms with van der Waals surface area (Å²) in [5.41, 5.74) is 2.53. The number of hydrogen-bond acceptors (Lipinski definition) is 2. The molecule has 0 N–H and O–H groups in total. The van der Waals surface area contributed by atoms with E-state index in [2.05, 4.69) is 49.3 Å². The topological polar surface area (TPSA) is 3.24 Å². The minimum absolute atomic E-state index is 0.0398. The zero-order chi connectivity index (χ0) is 16.4. The van der Waals surface area contributed by atoms with E-state index in [0.717, 1.165) is 30.0 Å². The Kier molecular flexibility index (Phi) is 5.58. The normalized spacial score (nSPS) is 20.0. The molecule has 0 unspecified atom stereocenters. The lowest BCUT2D eigenvalue weighted by Crippen LogP contribution is -2.15. The van der Waals surface area contributed by atoms with Gasteiger partial charge in [-0.2, -0.15) is 0 Å². The summed E-state index contributed by atoms with van der Waals surface area (Å²) < 4.78 is 0. The van der Waals surface area contributed by atoms with Gasteiger partial charge < -0.3 is 4.90 Å². The number of rotatable bonds is 4. The molecule has 2 aromatic carbocycles. The van der Waals surface area contributed by atoms with Crippen LogP contribution in [0.2, 0.25) is 5.02 Å². The second kappa shape index (κ2) is 7.48. The molecule has 2 atom stereocenters. The van der Waals surface area contributed by atoms with E-state index in [4.69, 9.17) is 23.2 Å². The smallest absolute Gasteiger partial charge is 0.0665 e. The van der Waals surface area contributed by atoms with Crippen molar-refractivity contribution >= 4 is 35.0 Å². The molecule has 0 saturated heterocycles. The van der Waals surface area contributed by atoms with Crippen LogP contribution in [0.4, 0.5) is 0 Å². The maximum atomic E-state index is 6.95. The molecule has 0 aliphatic carbocycles. The predicted molar refractivity (Wildman–Crippen MR) is 101 cm³/mol. The van der Waals surface area contributed by atoms with Crippen LogP contribution >= 0.6 is 35.0 Å². The van der Waals surface area contributed by atoms with Gasteiger partial charge in [-0.3, -0.25) is 0 Å². The van der Waals surface area contributed by atoms with Crippen molar-refractivity contribution in [3.63, 3.8) is 0 Å². The van der Waals surface area contributed by atoms with Gasteiger partial charge in [0.1, 0.15) is 0 Å². The number of fused-ring (bicyclic) bond motifs is 2. The van der Waals surface area contributed by atoms with Crippen LogP contribution in [-0.2, 0) is 0 Å². The van der Waals surface area contributed by atoms with Crippen molar-refractivity contribution < 1.29 is 0 Å². The number of halogens is 2. The number of hydrogen-bond donors (Lipinski definition) is 0. The van der Waals surface area contributed by atoms with Gasteiger partial charge >= 0.3 is 0 Å². The number of nitrogens with zero attached hydrogens (tertiary/aromatic N) is 1. The third kappa shape index (κ3) is 3.88. The van der Waals surface area contributed by atoms with Crippen LogP contribution in [0.5, 0.6) is 0 Å². The van der Waals surface area contributed by atoms with E-state index in [1.54, 1.807) is 11.8 Å². The minimum Gasteiger partial charge on any atom is -0.309 e. The van der Waals surface area contributed by atoms with Gasteiger partial charge in [-0.25, -0.2) is 0 Å². The fourth-order valence-corrected chi connectivity index (χ4v) is 4.98. The van der Waals surface area contributed by atoms with Gasteiger partial charge in [0.05, 0.1) is 5.38 Å². The number of benzene rings is 2. The van der Waals surface area contributed by atoms with Crippen molar-refractivity contribution in [2.75, 3.05) is 20.6 Å². The molecule has 1 aliphatic rings. The Bertz CT molecular complexity index is 687. The Balaban J connectivity index is 1.98. The molecular weight excluding hydrogens is 345 g/mol. The lowest BCUT2D eigenvalue weighted by Gasteiger charge is -2.23. The zero-order valence-corrected chi connectivity index (χ0v) is 15.8. The van der Waals surface area contributed by atoms with E-state index in [1.165, 1.54) is 15.4 Å². The van der Waals surface area contributed by atoms with Crippen molar-refractivity contribution in [3.05, 3.63) is 58.6 Å². The lowest BCUT2D eigenvalue weighted by molar-refractivity contribution is 0.382. The Morgan fingerprint density at radius 2 is 1.78 bits per heavy atom. The van der Waals surface area contributed by atoms with Crippen molar-refractivity contribution in [2.45, 2.75) is 33.9 Å². The molecule has 4 heteroatoms. The average molecular weight is 366 g/mol. The zero-order valence-electron chi connectivity index (χ0n) is 13.4. The Morgan fingerprint density at radius 1 is 1.04 bits per heavy atom. The fourth-order valence-electron chi connectivity index (χ4n) is 3.13. The summed E-state index contributed by atoms with van der Waals surface area (Å²) in [6, 6.07) is 14.7. The highest BCUT2D eigenvalue weighted by atomic mass is 35.5. The van der Waals surface area contributed by atoms with E-state index in [9.17, 15) is 0 Å². The summed E-state index contributed by atoms with van der Waals surface area (Å²) in [6.07, 6.45) is 2.21. The number of alkyl halides is 1. The molecule has 2 aromatic rings. The standard InChI is InChI=1S/C19H21Cl2NS/c1-22(2)11-5-7-15-14-6-3-4-8-17(14)23-18-10-9-13(20)12-16(18)19(15)21/h3-4,6,8-10,12,15,19H,5,7,11H2,1-2H3/t15-,19-/m1/s1. The van der Waals surface area contributed by atoms with Crippen LogP contribution in [0.15, 0.2) is 52.3 Å². The Hall–Kier alpha value is -0.670. The predicted octanol–water partition coefficient (Wildman–Crippen LogP) is 6.21. The Labute approximate surface area is 153 Å². The average Bonchev–Trinajstić information content (AvgIpc) is 2.63. The summed E-state index contributed by atoms with van der Waals surface area (Å²) in [6.45, 7) is 1.08. The van der Waals surface area contributed by atoms with Gasteiger partial charge in [0.2, 0.25) is 0 Å². The fraction of sp³-hybridized carbons (Fsp3) is 0.368. The summed E-state index contributed by atoms with van der Waals surface area (Å²) in [4.78, 5) is 4.76. The molecule has 122 valence electrons. The van der Waals surface area contributed by atoms with E-state index in [1.807, 2.05) is 12.1 Å². The van der Waals surface area contributed by atoms with Crippen LogP contribution in [0, 0.1) is 0 Å². The van der Waals surface area contributed by atoms with Crippen molar-refractivity contribution in [1.29, 1.82) is 0 Å². The Morgan fingerprint density at radius 3 is 2.57 bits per heavy atom. The summed E-state index contributed by atoms with van der Waals surface area (Å²) in [5, 5.41) is 0.718. The largest absolute Gasteiger partial charge is 0.309 e. The molecule has 0 radical (unpaired) electrons. The summed E-state index contributed by atoms with van der Waals surface area (Å²) >= 11 is 15.0. The first kappa shape index (κ1) is 17.2. The third-order valence-electron chi connectivity index (χ3n) is 4.28. The summed E-state index contributed by atoms with van der Waals surface area (Å²) in [5.74, 6) is 0.319. The minimum atomic E-state index is -0.0398. The molecule has 0 amide bonds. The van der Waals surface area contributed by atoms with E-state index < -0.39 is 0 Å². The van der Waals surface area contributed by atoms with E-state index >= 15 is 0 Å². The maximum Gasteiger partial charge on any atom is 0.0665 e. The molecule has 0 fully saturated rings. The monoisotopic (exact) mass is 365 g/mol. The molecule has 1 nitrogen and oxygen atoms in total. The molecule has 1 heterocycles. The molecular formula is C19H21Cl2NS. The van der Waals surface area contributed by atoms with E-state index in [-0.39, 0.29) is 5.38 Å². The van der Waals surface area contributed by atoms with Crippen LogP contribution in [0.1, 0.15) is 35.3 Å². The first-order valence-electron chi connectivity index (χ1n) is 7.91. The van der Waals surface area contributed by atoms with Crippen LogP contribution < -0.4 is 0 Å². The van der Waals surface area contributed by atoms with Crippen molar-refractivity contribution in [3.8, 4) is 0 Å². The highest BCUT2D eigenvalue weighted by Crippen LogP contribution is 2.51. The maximum absolute atomic E-state index is 6.95. The van der Waals surface area contributed by atoms with Gasteiger partial charge in [-0.05, 0) is 68.9 Å². The van der Waals surface area contributed by atoms with Crippen LogP contribution in [0.25, 0.3) is 0 Å². The van der Waals surface area contributed by atoms with Gasteiger partial charge in [0, 0.05) is 20.7 Å². The second-order valence-corrected chi connectivity index (χ2v) is 8.27. The third-order valence-corrected chi connectivity index (χ3v) is 6.24. The SMILES string of the molecule is CN(C)CCC[C@@H]1c2ccccc2Sc2ccc(Cl)cc2[C@@H]1Cl. The van der Waals surface area contributed by atoms with Crippen LogP contribution in [-0.4, -0.2) is 25.5 Å². The van der Waals surface area contributed by atoms with Gasteiger partial charge in [0.25, 0.3) is 0 Å². The highest BCUT2D eigenvalue weighted by molar-refractivity contribution is 7.99. The van der Waals surface area contributed by atoms with Gasteiger partial charge in [0.15, 0.2) is 0 Å². The van der Waals surface area contributed by atoms with Gasteiger partial charge in [-0.15, -0.1) is 11.6 Å². The molecule has 0 bridgehead atoms. The quantitative estimate of drug-likeness (QED) is 0.592. The molecule has 23 heavy (non-hydrogen) atoms. The van der Waals surface area contributed by atoms with Crippen molar-refractivity contribution in [1.82, 2.24) is 4.90 Å². The second-order valence-electron chi connectivity index (χ2n) is 6.28. The summed E-state index contributed by atoms with van der Waals surface area (Å²) in [7, 11) is 4.23. The van der Waals surface area contributed by atoms with Crippen LogP contribution in [0.3, 0.4) is 0 Å². The van der Waals surface area contributed by atoms with Gasteiger partial charge in [-0.1, -0.05) is 41.6 Å².